The molecule has 0 saturated carbocycles. The van der Waals surface area contributed by atoms with Gasteiger partial charge in [-0.2, -0.15) is 0 Å². The highest BCUT2D eigenvalue weighted by Gasteiger charge is 2.14. The molecule has 0 atom stereocenters. The number of esters is 1. The molecule has 2 aromatic heterocycles. The molecule has 0 aliphatic carbocycles. The van der Waals surface area contributed by atoms with Gasteiger partial charge in [-0.25, -0.2) is 4.98 Å². The van der Waals surface area contributed by atoms with Gasteiger partial charge in [0.25, 0.3) is 11.5 Å². The number of nitrogens with one attached hydrogen (secondary N) is 1. The summed E-state index contributed by atoms with van der Waals surface area (Å²) in [6.45, 7) is 3.53. The number of aryl methyl sites for hydroxylation is 3. The van der Waals surface area contributed by atoms with Gasteiger partial charge in [-0.05, 0) is 31.5 Å². The number of para-hydroxylation sites is 2. The number of carbonyl (C=O) groups excluding carboxylic acids is 2. The number of fused-ring (bicyclic) bond motifs is 1. The van der Waals surface area contributed by atoms with E-state index in [0.29, 0.717) is 21.7 Å². The zero-order valence-electron chi connectivity index (χ0n) is 16.4. The summed E-state index contributed by atoms with van der Waals surface area (Å²) < 4.78 is 11.5. The fourth-order valence-corrected chi connectivity index (χ4v) is 3.78. The van der Waals surface area contributed by atoms with E-state index in [1.54, 1.807) is 24.3 Å². The Kier molecular flexibility index (Phi) is 6.28. The molecule has 0 spiro atoms. The highest BCUT2D eigenvalue weighted by atomic mass is 32.1. The maximum absolute atomic E-state index is 12.6. The van der Waals surface area contributed by atoms with Gasteiger partial charge in [0.2, 0.25) is 0 Å². The van der Waals surface area contributed by atoms with E-state index in [1.165, 1.54) is 29.3 Å². The van der Waals surface area contributed by atoms with Crippen LogP contribution in [0.1, 0.15) is 16.9 Å². The molecule has 0 fully saturated rings. The van der Waals surface area contributed by atoms with Gasteiger partial charge in [-0.1, -0.05) is 12.1 Å². The van der Waals surface area contributed by atoms with Crippen LogP contribution >= 0.6 is 11.3 Å². The number of nitrogens with zero attached hydrogens (tertiary/aromatic N) is 2. The molecule has 1 aromatic carbocycles. The molecular formula is C20H21N3O5S. The predicted molar refractivity (Wildman–Crippen MR) is 111 cm³/mol. The topological polar surface area (TPSA) is 99.5 Å². The summed E-state index contributed by atoms with van der Waals surface area (Å²) in [5.74, 6) is -0.550. The van der Waals surface area contributed by atoms with Crippen LogP contribution in [0.4, 0.5) is 5.69 Å². The minimum absolute atomic E-state index is 0.0444. The second kappa shape index (κ2) is 8.87. The van der Waals surface area contributed by atoms with Gasteiger partial charge < -0.3 is 14.8 Å². The summed E-state index contributed by atoms with van der Waals surface area (Å²) in [5.41, 5.74) is 1.22. The first kappa shape index (κ1) is 20.5. The van der Waals surface area contributed by atoms with Crippen molar-refractivity contribution in [1.29, 1.82) is 0 Å². The molecule has 0 aliphatic rings. The number of hydrogen-bond donors (Lipinski definition) is 1. The van der Waals surface area contributed by atoms with E-state index in [2.05, 4.69) is 10.3 Å². The summed E-state index contributed by atoms with van der Waals surface area (Å²) in [7, 11) is 1.50. The molecule has 29 heavy (non-hydrogen) atoms. The molecule has 0 unspecified atom stereocenters. The average molecular weight is 415 g/mol. The summed E-state index contributed by atoms with van der Waals surface area (Å²) in [6, 6.07) is 6.92. The maximum Gasteiger partial charge on any atom is 0.308 e. The van der Waals surface area contributed by atoms with Gasteiger partial charge in [0.15, 0.2) is 6.61 Å². The number of methoxy groups -OCH3 is 1. The van der Waals surface area contributed by atoms with Crippen molar-refractivity contribution in [1.82, 2.24) is 9.55 Å². The number of aromatic nitrogens is 2. The summed E-state index contributed by atoms with van der Waals surface area (Å²) in [4.78, 5) is 42.6. The third-order valence-electron chi connectivity index (χ3n) is 4.46. The lowest BCUT2D eigenvalue weighted by molar-refractivity contribution is -0.147. The Morgan fingerprint density at radius 1 is 1.24 bits per heavy atom. The summed E-state index contributed by atoms with van der Waals surface area (Å²) >= 11 is 1.47. The molecule has 0 aliphatic heterocycles. The van der Waals surface area contributed by atoms with Crippen LogP contribution in [0.2, 0.25) is 0 Å². The molecule has 0 saturated heterocycles. The Morgan fingerprint density at radius 2 is 2.00 bits per heavy atom. The largest absolute Gasteiger partial charge is 0.495 e. The quantitative estimate of drug-likeness (QED) is 0.596. The number of benzene rings is 1. The normalized spacial score (nSPS) is 10.7. The number of anilines is 1. The van der Waals surface area contributed by atoms with Crippen LogP contribution in [0, 0.1) is 13.8 Å². The number of amides is 1. The van der Waals surface area contributed by atoms with Gasteiger partial charge >= 0.3 is 5.97 Å². The fraction of sp³-hybridized carbons (Fsp3) is 0.300. The molecule has 1 N–H and O–H groups in total. The van der Waals surface area contributed by atoms with Crippen molar-refractivity contribution in [3.63, 3.8) is 0 Å². The van der Waals surface area contributed by atoms with Crippen molar-refractivity contribution in [3.05, 3.63) is 51.4 Å². The van der Waals surface area contributed by atoms with E-state index in [4.69, 9.17) is 9.47 Å². The lowest BCUT2D eigenvalue weighted by Crippen LogP contribution is -2.24. The Morgan fingerprint density at radius 3 is 2.76 bits per heavy atom. The fourth-order valence-electron chi connectivity index (χ4n) is 2.79. The maximum atomic E-state index is 12.6. The molecule has 3 rings (SSSR count). The highest BCUT2D eigenvalue weighted by molar-refractivity contribution is 7.18. The highest BCUT2D eigenvalue weighted by Crippen LogP contribution is 2.25. The van der Waals surface area contributed by atoms with Crippen molar-refractivity contribution < 1.29 is 19.1 Å². The van der Waals surface area contributed by atoms with Gasteiger partial charge in [0, 0.05) is 11.4 Å². The first-order valence-corrected chi connectivity index (χ1v) is 9.76. The van der Waals surface area contributed by atoms with Gasteiger partial charge in [-0.15, -0.1) is 11.3 Å². The third kappa shape index (κ3) is 4.62. The monoisotopic (exact) mass is 415 g/mol. The molecule has 2 heterocycles. The van der Waals surface area contributed by atoms with Gasteiger partial charge in [0.05, 0.1) is 30.9 Å². The lowest BCUT2D eigenvalue weighted by atomic mass is 10.2. The van der Waals surface area contributed by atoms with Crippen LogP contribution in [-0.2, 0) is 20.9 Å². The number of carbonyl (C=O) groups is 2. The number of rotatable bonds is 7. The molecule has 3 aromatic rings. The van der Waals surface area contributed by atoms with Crippen molar-refractivity contribution >= 4 is 39.1 Å². The van der Waals surface area contributed by atoms with E-state index in [1.807, 2.05) is 13.8 Å². The summed E-state index contributed by atoms with van der Waals surface area (Å²) in [5, 5.41) is 3.21. The summed E-state index contributed by atoms with van der Waals surface area (Å²) in [6.07, 6.45) is 1.39. The second-order valence-corrected chi connectivity index (χ2v) is 7.57. The second-order valence-electron chi connectivity index (χ2n) is 6.37. The Balaban J connectivity index is 1.54. The molecule has 152 valence electrons. The van der Waals surface area contributed by atoms with Crippen LogP contribution in [0.5, 0.6) is 5.75 Å². The molecule has 0 radical (unpaired) electrons. The number of ether oxygens (including phenoxy) is 2. The minimum atomic E-state index is -0.578. The lowest BCUT2D eigenvalue weighted by Gasteiger charge is -2.10. The van der Waals surface area contributed by atoms with E-state index in [0.717, 1.165) is 10.4 Å². The Labute approximate surface area is 171 Å². The predicted octanol–water partition coefficient (Wildman–Crippen LogP) is 2.66. The SMILES string of the molecule is COc1ccccc1NC(=O)COC(=O)CCn1cnc2sc(C)c(C)c2c1=O. The molecule has 0 bridgehead atoms. The Bertz CT molecular complexity index is 1120. The number of thiophene rings is 1. The first-order valence-electron chi connectivity index (χ1n) is 8.94. The van der Waals surface area contributed by atoms with Crippen LogP contribution in [0.25, 0.3) is 10.2 Å². The Hall–Kier alpha value is -3.20. The molecular weight excluding hydrogens is 394 g/mol. The zero-order chi connectivity index (χ0) is 21.0. The van der Waals surface area contributed by atoms with Crippen LogP contribution in [-0.4, -0.2) is 35.1 Å². The smallest absolute Gasteiger partial charge is 0.308 e. The van der Waals surface area contributed by atoms with Crippen molar-refractivity contribution in [2.24, 2.45) is 0 Å². The standard InChI is InChI=1S/C20H21N3O5S/c1-12-13(2)29-19-18(12)20(26)23(11-21-19)9-8-17(25)28-10-16(24)22-14-6-4-5-7-15(14)27-3/h4-7,11H,8-10H2,1-3H3,(H,22,24). The van der Waals surface area contributed by atoms with Crippen molar-refractivity contribution in [2.45, 2.75) is 26.8 Å². The molecule has 8 nitrogen and oxygen atoms in total. The van der Waals surface area contributed by atoms with E-state index < -0.39 is 18.5 Å². The van der Waals surface area contributed by atoms with Crippen LogP contribution in [0.15, 0.2) is 35.4 Å². The molecule has 1 amide bonds. The average Bonchev–Trinajstić information content (AvgIpc) is 3.00. The van der Waals surface area contributed by atoms with Crippen LogP contribution < -0.4 is 15.6 Å². The molecule has 9 heteroatoms. The van der Waals surface area contributed by atoms with E-state index in [-0.39, 0.29) is 18.5 Å². The third-order valence-corrected chi connectivity index (χ3v) is 5.57. The van der Waals surface area contributed by atoms with Gasteiger partial charge in [0.1, 0.15) is 10.6 Å². The first-order chi connectivity index (χ1) is 13.9. The number of hydrogen-bond acceptors (Lipinski definition) is 7. The van der Waals surface area contributed by atoms with Crippen molar-refractivity contribution in [2.75, 3.05) is 19.0 Å². The van der Waals surface area contributed by atoms with Crippen molar-refractivity contribution in [3.8, 4) is 5.75 Å². The van der Waals surface area contributed by atoms with E-state index in [9.17, 15) is 14.4 Å². The van der Waals surface area contributed by atoms with E-state index >= 15 is 0 Å². The zero-order valence-corrected chi connectivity index (χ0v) is 17.2. The van der Waals surface area contributed by atoms with Crippen LogP contribution in [0.3, 0.4) is 0 Å². The minimum Gasteiger partial charge on any atom is -0.495 e. The van der Waals surface area contributed by atoms with Gasteiger partial charge in [-0.3, -0.25) is 19.0 Å².